The maximum Gasteiger partial charge on any atom is 0.325 e. The Morgan fingerprint density at radius 3 is 2.54 bits per heavy atom. The second-order valence-electron chi connectivity index (χ2n) is 6.85. The molecule has 0 saturated carbocycles. The number of halogens is 1. The van der Waals surface area contributed by atoms with Gasteiger partial charge in [-0.2, -0.15) is 0 Å². The maximum absolute atomic E-state index is 13.2. The Morgan fingerprint density at radius 1 is 1.18 bits per heavy atom. The normalized spacial score (nSPS) is 18.9. The van der Waals surface area contributed by atoms with Crippen LogP contribution in [0, 0.1) is 6.92 Å². The molecule has 1 atom stereocenters. The number of urea groups is 1. The largest absolute Gasteiger partial charge is 0.325 e. The number of nitrogens with one attached hydrogen (secondary N) is 2. The summed E-state index contributed by atoms with van der Waals surface area (Å²) in [5, 5.41) is 6.01. The van der Waals surface area contributed by atoms with Gasteiger partial charge in [0.2, 0.25) is 5.91 Å². The van der Waals surface area contributed by atoms with Crippen LogP contribution in [0.3, 0.4) is 0 Å². The van der Waals surface area contributed by atoms with E-state index in [9.17, 15) is 14.4 Å². The highest BCUT2D eigenvalue weighted by molar-refractivity contribution is 6.31. The molecule has 0 spiro atoms. The quantitative estimate of drug-likeness (QED) is 0.724. The lowest BCUT2D eigenvalue weighted by Crippen LogP contribution is -2.44. The van der Waals surface area contributed by atoms with Crippen LogP contribution >= 0.6 is 11.6 Å². The number of carbonyl (C=O) groups is 3. The van der Waals surface area contributed by atoms with Crippen molar-refractivity contribution in [2.75, 3.05) is 11.9 Å². The van der Waals surface area contributed by atoms with Gasteiger partial charge in [0.05, 0.1) is 0 Å². The molecule has 146 valence electrons. The summed E-state index contributed by atoms with van der Waals surface area (Å²) >= 11 is 6.07. The summed E-state index contributed by atoms with van der Waals surface area (Å²) in [5.74, 6) is -0.883. The zero-order valence-electron chi connectivity index (χ0n) is 15.8. The maximum atomic E-state index is 13.2. The third-order valence-corrected chi connectivity index (χ3v) is 5.23. The van der Waals surface area contributed by atoms with Crippen molar-refractivity contribution in [1.82, 2.24) is 10.2 Å². The first-order valence-electron chi connectivity index (χ1n) is 9.13. The van der Waals surface area contributed by atoms with E-state index in [2.05, 4.69) is 10.6 Å². The molecule has 28 heavy (non-hydrogen) atoms. The summed E-state index contributed by atoms with van der Waals surface area (Å²) < 4.78 is 0. The Hall–Kier alpha value is -2.86. The summed E-state index contributed by atoms with van der Waals surface area (Å²) in [6.07, 6.45) is 1.15. The highest BCUT2D eigenvalue weighted by atomic mass is 35.5. The Morgan fingerprint density at radius 2 is 1.89 bits per heavy atom. The number of benzene rings is 2. The van der Waals surface area contributed by atoms with Crippen LogP contribution in [0.4, 0.5) is 10.5 Å². The van der Waals surface area contributed by atoms with Gasteiger partial charge < -0.3 is 10.6 Å². The van der Waals surface area contributed by atoms with Gasteiger partial charge in [-0.3, -0.25) is 14.5 Å². The van der Waals surface area contributed by atoms with E-state index < -0.39 is 23.4 Å². The van der Waals surface area contributed by atoms with Crippen LogP contribution in [-0.2, 0) is 15.1 Å². The van der Waals surface area contributed by atoms with E-state index in [0.29, 0.717) is 29.1 Å². The minimum atomic E-state index is -1.14. The zero-order chi connectivity index (χ0) is 20.3. The van der Waals surface area contributed by atoms with Crippen LogP contribution in [0.5, 0.6) is 0 Å². The number of hydrogen-bond acceptors (Lipinski definition) is 3. The van der Waals surface area contributed by atoms with Gasteiger partial charge in [0.15, 0.2) is 0 Å². The van der Waals surface area contributed by atoms with Gasteiger partial charge >= 0.3 is 6.03 Å². The molecule has 1 aliphatic rings. The van der Waals surface area contributed by atoms with Gasteiger partial charge in [0.1, 0.15) is 12.1 Å². The van der Waals surface area contributed by atoms with E-state index >= 15 is 0 Å². The summed E-state index contributed by atoms with van der Waals surface area (Å²) in [6.45, 7) is 3.44. The molecule has 6 nitrogen and oxygen atoms in total. The molecular weight excluding hydrogens is 378 g/mol. The van der Waals surface area contributed by atoms with Crippen LogP contribution in [0.15, 0.2) is 48.5 Å². The Bertz CT molecular complexity index is 916. The fourth-order valence-electron chi connectivity index (χ4n) is 3.39. The van der Waals surface area contributed by atoms with Gasteiger partial charge in [0, 0.05) is 10.7 Å². The van der Waals surface area contributed by atoms with Crippen molar-refractivity contribution in [3.8, 4) is 0 Å². The molecule has 2 aromatic carbocycles. The van der Waals surface area contributed by atoms with Crippen LogP contribution in [-0.4, -0.2) is 29.3 Å². The van der Waals surface area contributed by atoms with Gasteiger partial charge in [-0.1, -0.05) is 61.3 Å². The number of imide groups is 1. The van der Waals surface area contributed by atoms with Gasteiger partial charge in [-0.15, -0.1) is 0 Å². The minimum Gasteiger partial charge on any atom is -0.324 e. The molecule has 0 bridgehead atoms. The molecule has 1 saturated heterocycles. The first kappa shape index (κ1) is 19.9. The van der Waals surface area contributed by atoms with Crippen LogP contribution in [0.25, 0.3) is 0 Å². The molecule has 3 rings (SSSR count). The number of hydrogen-bond donors (Lipinski definition) is 2. The van der Waals surface area contributed by atoms with E-state index in [-0.39, 0.29) is 6.54 Å². The second-order valence-corrected chi connectivity index (χ2v) is 7.26. The molecule has 2 N–H and O–H groups in total. The molecule has 4 amide bonds. The molecular formula is C21H22ClN3O3. The third kappa shape index (κ3) is 3.73. The summed E-state index contributed by atoms with van der Waals surface area (Å²) in [5.41, 5.74) is 0.973. The average molecular weight is 400 g/mol. The Labute approximate surface area is 168 Å². The molecule has 1 aliphatic heterocycles. The molecule has 1 unspecified atom stereocenters. The molecule has 0 aliphatic carbocycles. The van der Waals surface area contributed by atoms with Crippen molar-refractivity contribution in [3.63, 3.8) is 0 Å². The highest BCUT2D eigenvalue weighted by Crippen LogP contribution is 2.33. The second kappa shape index (κ2) is 8.02. The zero-order valence-corrected chi connectivity index (χ0v) is 16.5. The molecule has 2 aromatic rings. The highest BCUT2D eigenvalue weighted by Gasteiger charge is 2.52. The molecule has 0 radical (unpaired) electrons. The molecule has 7 heteroatoms. The van der Waals surface area contributed by atoms with E-state index in [1.54, 1.807) is 18.2 Å². The number of anilines is 1. The van der Waals surface area contributed by atoms with Crippen molar-refractivity contribution in [2.24, 2.45) is 0 Å². The number of nitrogens with zero attached hydrogens (tertiary/aromatic N) is 1. The number of amides is 4. The lowest BCUT2D eigenvalue weighted by Gasteiger charge is -2.26. The lowest BCUT2D eigenvalue weighted by molar-refractivity contribution is -0.134. The van der Waals surface area contributed by atoms with Gasteiger partial charge in [0.25, 0.3) is 5.91 Å². The van der Waals surface area contributed by atoms with Crippen LogP contribution < -0.4 is 10.6 Å². The Kier molecular flexibility index (Phi) is 5.70. The van der Waals surface area contributed by atoms with Crippen LogP contribution in [0.1, 0.15) is 30.9 Å². The predicted molar refractivity (Wildman–Crippen MR) is 108 cm³/mol. The summed E-state index contributed by atoms with van der Waals surface area (Å²) in [6, 6.07) is 13.7. The number of aryl methyl sites for hydroxylation is 1. The molecule has 1 heterocycles. The fraction of sp³-hybridized carbons (Fsp3) is 0.286. The Balaban J connectivity index is 1.79. The topological polar surface area (TPSA) is 78.5 Å². The van der Waals surface area contributed by atoms with Crippen molar-refractivity contribution in [1.29, 1.82) is 0 Å². The summed E-state index contributed by atoms with van der Waals surface area (Å²) in [4.78, 5) is 39.1. The average Bonchev–Trinajstić information content (AvgIpc) is 2.91. The van der Waals surface area contributed by atoms with Gasteiger partial charge in [-0.25, -0.2) is 4.79 Å². The fourth-order valence-corrected chi connectivity index (χ4v) is 3.57. The number of carbonyl (C=O) groups excluding carboxylic acids is 3. The number of rotatable bonds is 6. The monoisotopic (exact) mass is 399 g/mol. The van der Waals surface area contributed by atoms with Crippen molar-refractivity contribution in [3.05, 3.63) is 64.7 Å². The van der Waals surface area contributed by atoms with E-state index in [0.717, 1.165) is 10.5 Å². The summed E-state index contributed by atoms with van der Waals surface area (Å²) in [7, 11) is 0. The first-order chi connectivity index (χ1) is 13.4. The standard InChI is InChI=1S/C21H22ClN3O3/c1-3-11-21(15-7-5-4-6-8-15)19(27)25(20(28)24-21)13-18(26)23-16-10-9-14(2)17(22)12-16/h4-10,12H,3,11,13H2,1-2H3,(H,23,26)(H,24,28). The molecule has 0 aromatic heterocycles. The van der Waals surface area contributed by atoms with E-state index in [1.807, 2.05) is 44.2 Å². The van der Waals surface area contributed by atoms with Gasteiger partial charge in [-0.05, 0) is 36.6 Å². The third-order valence-electron chi connectivity index (χ3n) is 4.82. The van der Waals surface area contributed by atoms with Crippen molar-refractivity contribution < 1.29 is 14.4 Å². The van der Waals surface area contributed by atoms with E-state index in [1.165, 1.54) is 0 Å². The lowest BCUT2D eigenvalue weighted by atomic mass is 9.85. The SMILES string of the molecule is CCCC1(c2ccccc2)NC(=O)N(CC(=O)Nc2ccc(C)c(Cl)c2)C1=O. The molecule has 1 fully saturated rings. The van der Waals surface area contributed by atoms with Crippen LogP contribution in [0.2, 0.25) is 5.02 Å². The first-order valence-corrected chi connectivity index (χ1v) is 9.51. The smallest absolute Gasteiger partial charge is 0.324 e. The minimum absolute atomic E-state index is 0.367. The van der Waals surface area contributed by atoms with Crippen molar-refractivity contribution >= 4 is 35.1 Å². The van der Waals surface area contributed by atoms with Crippen molar-refractivity contribution in [2.45, 2.75) is 32.2 Å². The predicted octanol–water partition coefficient (Wildman–Crippen LogP) is 3.83. The van der Waals surface area contributed by atoms with E-state index in [4.69, 9.17) is 11.6 Å².